The third-order valence-electron chi connectivity index (χ3n) is 4.94. The number of ether oxygens (including phenoxy) is 1. The number of guanidine groups is 1. The summed E-state index contributed by atoms with van der Waals surface area (Å²) in [5.74, 6) is -1.06. The lowest BCUT2D eigenvalue weighted by Crippen LogP contribution is -2.33. The van der Waals surface area contributed by atoms with E-state index >= 15 is 0 Å². The van der Waals surface area contributed by atoms with Gasteiger partial charge in [0, 0.05) is 22.2 Å². The number of nitrogens with zero attached hydrogens (tertiary/aromatic N) is 4. The van der Waals surface area contributed by atoms with Crippen molar-refractivity contribution in [3.05, 3.63) is 75.3 Å². The van der Waals surface area contributed by atoms with Crippen molar-refractivity contribution in [1.29, 1.82) is 10.5 Å². The molecule has 12 heteroatoms. The van der Waals surface area contributed by atoms with E-state index in [4.69, 9.17) is 33.1 Å². The Hall–Kier alpha value is -4.61. The maximum absolute atomic E-state index is 13.6. The monoisotopic (exact) mass is 480 g/mol. The lowest BCUT2D eigenvalue weighted by atomic mass is 9.94. The van der Waals surface area contributed by atoms with Crippen molar-refractivity contribution in [2.45, 2.75) is 12.6 Å². The molecule has 3 aromatic rings. The summed E-state index contributed by atoms with van der Waals surface area (Å²) in [5, 5.41) is 24.1. The van der Waals surface area contributed by atoms with E-state index in [1.165, 1.54) is 0 Å². The minimum absolute atomic E-state index is 0.0304. The largest absolute Gasteiger partial charge is 0.489 e. The molecule has 4 rings (SSSR count). The Kier molecular flexibility index (Phi) is 6.04. The summed E-state index contributed by atoms with van der Waals surface area (Å²) >= 11 is 6.24. The summed E-state index contributed by atoms with van der Waals surface area (Å²) in [5.41, 5.74) is 13.1. The van der Waals surface area contributed by atoms with Crippen LogP contribution in [0.5, 0.6) is 5.75 Å². The number of benzene rings is 2. The van der Waals surface area contributed by atoms with Crippen LogP contribution in [-0.2, 0) is 6.61 Å². The van der Waals surface area contributed by atoms with Gasteiger partial charge in [0.2, 0.25) is 5.96 Å². The molecular formula is C22H15ClF2N8O. The Morgan fingerprint density at radius 2 is 1.88 bits per heavy atom. The van der Waals surface area contributed by atoms with Crippen LogP contribution in [-0.4, -0.2) is 10.9 Å². The van der Waals surface area contributed by atoms with E-state index in [2.05, 4.69) is 20.6 Å². The van der Waals surface area contributed by atoms with Crippen LogP contribution in [0.25, 0.3) is 0 Å². The highest BCUT2D eigenvalue weighted by Crippen LogP contribution is 2.44. The summed E-state index contributed by atoms with van der Waals surface area (Å²) in [6.07, 6.45) is 1.76. The first-order chi connectivity index (χ1) is 16.3. The van der Waals surface area contributed by atoms with Gasteiger partial charge in [-0.1, -0.05) is 11.6 Å². The molecule has 2 heterocycles. The summed E-state index contributed by atoms with van der Waals surface area (Å²) in [6.45, 7) is -0.160. The van der Waals surface area contributed by atoms with Crippen LogP contribution in [0.4, 0.5) is 26.1 Å². The number of pyridine rings is 1. The third kappa shape index (κ3) is 4.33. The summed E-state index contributed by atoms with van der Waals surface area (Å²) in [6, 6.07) is 8.76. The van der Waals surface area contributed by atoms with Gasteiger partial charge in [-0.3, -0.25) is 5.32 Å². The number of nitrogen functional groups attached to an aromatic ring is 2. The fraction of sp³-hybridized carbons (Fsp3) is 0.0909. The second-order valence-electron chi connectivity index (χ2n) is 7.15. The molecule has 6 N–H and O–H groups in total. The molecule has 0 saturated heterocycles. The van der Waals surface area contributed by atoms with Crippen LogP contribution >= 0.6 is 11.6 Å². The number of halogens is 3. The number of hydrogen-bond donors (Lipinski definition) is 4. The first-order valence-electron chi connectivity index (χ1n) is 9.66. The molecule has 0 radical (unpaired) electrons. The van der Waals surface area contributed by atoms with Crippen LogP contribution in [0.15, 0.2) is 41.4 Å². The zero-order chi connectivity index (χ0) is 24.4. The molecule has 0 aliphatic carbocycles. The van der Waals surface area contributed by atoms with E-state index in [9.17, 15) is 14.0 Å². The van der Waals surface area contributed by atoms with Gasteiger partial charge in [0.25, 0.3) is 0 Å². The Morgan fingerprint density at radius 1 is 1.15 bits per heavy atom. The third-order valence-corrected chi connectivity index (χ3v) is 5.18. The minimum Gasteiger partial charge on any atom is -0.489 e. The molecule has 1 atom stereocenters. The second kappa shape index (κ2) is 9.10. The minimum atomic E-state index is -0.912. The van der Waals surface area contributed by atoms with Crippen LogP contribution in [0, 0.1) is 34.4 Å². The van der Waals surface area contributed by atoms with Crippen molar-refractivity contribution in [3.8, 4) is 18.0 Å². The molecule has 0 spiro atoms. The Labute approximate surface area is 197 Å². The van der Waals surface area contributed by atoms with Gasteiger partial charge in [0.05, 0.1) is 5.69 Å². The van der Waals surface area contributed by atoms with Gasteiger partial charge in [-0.05, 0) is 35.9 Å². The number of rotatable bonds is 4. The molecule has 0 amide bonds. The average molecular weight is 481 g/mol. The number of nitrogens with two attached hydrogens (primary N) is 2. The van der Waals surface area contributed by atoms with Gasteiger partial charge in [-0.15, -0.1) is 0 Å². The molecule has 2 aromatic carbocycles. The van der Waals surface area contributed by atoms with Crippen molar-refractivity contribution in [2.24, 2.45) is 4.99 Å². The summed E-state index contributed by atoms with van der Waals surface area (Å²) in [7, 11) is 0. The van der Waals surface area contributed by atoms with Crippen molar-refractivity contribution in [3.63, 3.8) is 0 Å². The fourth-order valence-electron chi connectivity index (χ4n) is 3.53. The predicted molar refractivity (Wildman–Crippen MR) is 122 cm³/mol. The Balaban J connectivity index is 1.83. The molecule has 1 aromatic heterocycles. The van der Waals surface area contributed by atoms with E-state index in [1.807, 2.05) is 6.07 Å². The zero-order valence-electron chi connectivity index (χ0n) is 17.2. The molecule has 0 saturated carbocycles. The van der Waals surface area contributed by atoms with E-state index in [-0.39, 0.29) is 46.8 Å². The van der Waals surface area contributed by atoms with Crippen LogP contribution in [0.3, 0.4) is 0 Å². The molecule has 0 fully saturated rings. The molecule has 34 heavy (non-hydrogen) atoms. The predicted octanol–water partition coefficient (Wildman–Crippen LogP) is 3.57. The van der Waals surface area contributed by atoms with Crippen molar-refractivity contribution < 1.29 is 13.5 Å². The standard InChI is InChI=1S/C22H15ClF2N8O/c23-11-1-2-16(34-8-10-3-12(24)6-13(25)4-10)14(5-11)19-17-18(28)15(7-26)20(29)32-21(17)33-22(31-19)30-9-27/h1-6,19H,8H2,(H6,28,29,30,31,32,33). The highest BCUT2D eigenvalue weighted by molar-refractivity contribution is 6.30. The molecule has 1 unspecified atom stereocenters. The number of hydrogen-bond acceptors (Lipinski definition) is 9. The average Bonchev–Trinajstić information content (AvgIpc) is 2.77. The normalized spacial score (nSPS) is 14.1. The maximum Gasteiger partial charge on any atom is 0.211 e. The van der Waals surface area contributed by atoms with Gasteiger partial charge in [0.15, 0.2) is 6.19 Å². The fourth-order valence-corrected chi connectivity index (χ4v) is 3.71. The number of anilines is 3. The highest BCUT2D eigenvalue weighted by Gasteiger charge is 2.31. The van der Waals surface area contributed by atoms with Crippen LogP contribution < -0.4 is 26.8 Å². The van der Waals surface area contributed by atoms with Gasteiger partial charge in [-0.2, -0.15) is 10.5 Å². The topological polar surface area (TPSA) is 158 Å². The first kappa shape index (κ1) is 22.6. The molecule has 1 aliphatic heterocycles. The lowest BCUT2D eigenvalue weighted by molar-refractivity contribution is 0.300. The quantitative estimate of drug-likeness (QED) is 0.326. The first-order valence-corrected chi connectivity index (χ1v) is 10.0. The van der Waals surface area contributed by atoms with E-state index < -0.39 is 17.7 Å². The van der Waals surface area contributed by atoms with Gasteiger partial charge >= 0.3 is 0 Å². The van der Waals surface area contributed by atoms with Gasteiger partial charge in [0.1, 0.15) is 53.3 Å². The number of aromatic nitrogens is 1. The molecule has 1 aliphatic rings. The highest BCUT2D eigenvalue weighted by atomic mass is 35.5. The van der Waals surface area contributed by atoms with Crippen LogP contribution in [0.1, 0.15) is 28.3 Å². The van der Waals surface area contributed by atoms with Crippen molar-refractivity contribution in [1.82, 2.24) is 10.3 Å². The Morgan fingerprint density at radius 3 is 2.56 bits per heavy atom. The number of fused-ring (bicyclic) bond motifs is 1. The molecule has 170 valence electrons. The molecule has 9 nitrogen and oxygen atoms in total. The van der Waals surface area contributed by atoms with Crippen LogP contribution in [0.2, 0.25) is 5.02 Å². The number of aliphatic imine (C=N–C) groups is 1. The molecular weight excluding hydrogens is 466 g/mol. The molecule has 0 bridgehead atoms. The zero-order valence-corrected chi connectivity index (χ0v) is 18.0. The number of nitriles is 2. The Bertz CT molecular complexity index is 1390. The van der Waals surface area contributed by atoms with Gasteiger partial charge in [-0.25, -0.2) is 18.8 Å². The SMILES string of the molecule is N#CNC1=NC(c2cc(Cl)ccc2OCc2cc(F)cc(F)c2)c2c(nc(N)c(C#N)c2N)N1. The smallest absolute Gasteiger partial charge is 0.211 e. The number of nitrogens with one attached hydrogen (secondary N) is 2. The van der Waals surface area contributed by atoms with E-state index in [1.54, 1.807) is 24.4 Å². The van der Waals surface area contributed by atoms with Crippen molar-refractivity contribution in [2.75, 3.05) is 16.8 Å². The summed E-state index contributed by atoms with van der Waals surface area (Å²) in [4.78, 5) is 8.67. The van der Waals surface area contributed by atoms with Gasteiger partial charge < -0.3 is 21.5 Å². The lowest BCUT2D eigenvalue weighted by Gasteiger charge is -2.27. The van der Waals surface area contributed by atoms with E-state index in [0.29, 0.717) is 16.1 Å². The van der Waals surface area contributed by atoms with E-state index in [0.717, 1.165) is 18.2 Å². The summed E-state index contributed by atoms with van der Waals surface area (Å²) < 4.78 is 33.0. The maximum atomic E-state index is 13.6. The van der Waals surface area contributed by atoms with Crippen molar-refractivity contribution >= 4 is 34.9 Å². The second-order valence-corrected chi connectivity index (χ2v) is 7.59.